The Hall–Kier alpha value is -2.35. The molecule has 2 aliphatic rings. The van der Waals surface area contributed by atoms with Gasteiger partial charge in [-0.1, -0.05) is 42.0 Å². The Kier molecular flexibility index (Phi) is 6.00. The molecule has 1 heterocycles. The first kappa shape index (κ1) is 22.3. The van der Waals surface area contributed by atoms with Crippen molar-refractivity contribution in [3.63, 3.8) is 0 Å². The van der Waals surface area contributed by atoms with Gasteiger partial charge in [-0.25, -0.2) is 4.79 Å². The number of hydrogen-bond donors (Lipinski definition) is 0. The summed E-state index contributed by atoms with van der Waals surface area (Å²) in [5.41, 5.74) is -3.90. The molecule has 3 rings (SSSR count). The Morgan fingerprint density at radius 1 is 1.27 bits per heavy atom. The second-order valence-electron chi connectivity index (χ2n) is 8.19. The van der Waals surface area contributed by atoms with E-state index in [4.69, 9.17) is 14.2 Å². The van der Waals surface area contributed by atoms with E-state index >= 15 is 0 Å². The molecular formula is C22H25F3O5. The summed E-state index contributed by atoms with van der Waals surface area (Å²) in [5.74, 6) is -2.18. The van der Waals surface area contributed by atoms with Crippen molar-refractivity contribution in [1.29, 1.82) is 0 Å². The highest BCUT2D eigenvalue weighted by Gasteiger charge is 2.66. The molecule has 1 saturated carbocycles. The van der Waals surface area contributed by atoms with E-state index in [1.54, 1.807) is 0 Å². The molecule has 5 nitrogen and oxygen atoms in total. The van der Waals surface area contributed by atoms with Gasteiger partial charge < -0.3 is 14.2 Å². The predicted molar refractivity (Wildman–Crippen MR) is 101 cm³/mol. The van der Waals surface area contributed by atoms with E-state index in [9.17, 15) is 22.8 Å². The standard InChI is InChI=1S/C22H25F3O5/c1-14(2)9-10-20-12-15(13-29-18(20)26)11-17(20)30-19(27)21(28-3,22(23,24)25)16-7-5-4-6-8-16/h4-9,15,17H,10-13H2,1-3H3/t15-,17+,20-,21+/m1/s1. The third-order valence-electron chi connectivity index (χ3n) is 5.97. The SMILES string of the molecule is CO[C@](C(=O)O[C@H]1C[C@H]2COC(=O)[C@]1(CC=C(C)C)C2)(c1ccccc1)C(F)(F)F. The molecule has 0 amide bonds. The lowest BCUT2D eigenvalue weighted by Gasteiger charge is -2.37. The fraction of sp³-hybridized carbons (Fsp3) is 0.545. The number of alkyl halides is 3. The maximum Gasteiger partial charge on any atom is 0.432 e. The maximum absolute atomic E-state index is 14.2. The van der Waals surface area contributed by atoms with Crippen LogP contribution in [0.2, 0.25) is 0 Å². The Balaban J connectivity index is 1.99. The van der Waals surface area contributed by atoms with Crippen LogP contribution in [0.4, 0.5) is 13.2 Å². The summed E-state index contributed by atoms with van der Waals surface area (Å²) >= 11 is 0. The summed E-state index contributed by atoms with van der Waals surface area (Å²) in [7, 11) is 0.821. The summed E-state index contributed by atoms with van der Waals surface area (Å²) in [6, 6.07) is 6.64. The van der Waals surface area contributed by atoms with Crippen LogP contribution in [-0.4, -0.2) is 37.9 Å². The summed E-state index contributed by atoms with van der Waals surface area (Å²) in [4.78, 5) is 25.7. The molecule has 0 N–H and O–H groups in total. The number of carbonyl (C=O) groups is 2. The van der Waals surface area contributed by atoms with Crippen molar-refractivity contribution in [3.8, 4) is 0 Å². The fourth-order valence-electron chi connectivity index (χ4n) is 4.38. The van der Waals surface area contributed by atoms with Crippen LogP contribution in [-0.2, 0) is 29.4 Å². The first-order valence-electron chi connectivity index (χ1n) is 9.76. The quantitative estimate of drug-likeness (QED) is 0.501. The Bertz CT molecular complexity index is 831. The highest BCUT2D eigenvalue weighted by atomic mass is 19.4. The average Bonchev–Trinajstić information content (AvgIpc) is 2.98. The minimum absolute atomic E-state index is 0.0642. The smallest absolute Gasteiger partial charge is 0.432 e. The van der Waals surface area contributed by atoms with E-state index in [1.807, 2.05) is 19.9 Å². The zero-order chi connectivity index (χ0) is 22.2. The van der Waals surface area contributed by atoms with E-state index < -0.39 is 35.2 Å². The van der Waals surface area contributed by atoms with Crippen molar-refractivity contribution in [2.45, 2.75) is 51.0 Å². The number of hydrogen-bond acceptors (Lipinski definition) is 5. The van der Waals surface area contributed by atoms with Gasteiger partial charge in [0.1, 0.15) is 11.5 Å². The lowest BCUT2D eigenvalue weighted by atomic mass is 9.78. The first-order chi connectivity index (χ1) is 14.1. The molecule has 1 aliphatic heterocycles. The van der Waals surface area contributed by atoms with Gasteiger partial charge in [-0.15, -0.1) is 0 Å². The molecule has 2 fully saturated rings. The third-order valence-corrected chi connectivity index (χ3v) is 5.97. The van der Waals surface area contributed by atoms with Crippen LogP contribution in [0.5, 0.6) is 0 Å². The van der Waals surface area contributed by atoms with Crippen molar-refractivity contribution < 1.29 is 37.0 Å². The lowest BCUT2D eigenvalue weighted by molar-refractivity contribution is -0.279. The van der Waals surface area contributed by atoms with E-state index in [0.29, 0.717) is 6.42 Å². The van der Waals surface area contributed by atoms with Gasteiger partial charge >= 0.3 is 18.1 Å². The number of carbonyl (C=O) groups excluding carboxylic acids is 2. The molecule has 0 aromatic heterocycles. The van der Waals surface area contributed by atoms with Gasteiger partial charge in [0, 0.05) is 12.7 Å². The molecule has 0 unspecified atom stereocenters. The number of esters is 2. The molecule has 1 aliphatic carbocycles. The molecule has 1 saturated heterocycles. The van der Waals surface area contributed by atoms with Crippen LogP contribution in [0.1, 0.15) is 38.7 Å². The van der Waals surface area contributed by atoms with Gasteiger partial charge in [-0.05, 0) is 39.0 Å². The maximum atomic E-state index is 14.2. The Morgan fingerprint density at radius 2 is 1.93 bits per heavy atom. The number of ether oxygens (including phenoxy) is 3. The Morgan fingerprint density at radius 3 is 2.50 bits per heavy atom. The number of methoxy groups -OCH3 is 1. The van der Waals surface area contributed by atoms with Crippen LogP contribution < -0.4 is 0 Å². The van der Waals surface area contributed by atoms with Gasteiger partial charge in [0.25, 0.3) is 5.60 Å². The number of halogens is 3. The molecule has 1 aromatic carbocycles. The average molecular weight is 426 g/mol. The summed E-state index contributed by atoms with van der Waals surface area (Å²) < 4.78 is 58.0. The zero-order valence-corrected chi connectivity index (χ0v) is 17.1. The Labute approximate surface area is 173 Å². The van der Waals surface area contributed by atoms with Crippen LogP contribution in [0.15, 0.2) is 42.0 Å². The minimum atomic E-state index is -5.07. The van der Waals surface area contributed by atoms with Crippen LogP contribution in [0, 0.1) is 11.3 Å². The van der Waals surface area contributed by atoms with Crippen molar-refractivity contribution >= 4 is 11.9 Å². The summed E-state index contributed by atoms with van der Waals surface area (Å²) in [5, 5.41) is 0. The van der Waals surface area contributed by atoms with E-state index in [1.165, 1.54) is 30.3 Å². The number of benzene rings is 1. The molecule has 30 heavy (non-hydrogen) atoms. The van der Waals surface area contributed by atoms with Gasteiger partial charge in [-0.2, -0.15) is 13.2 Å². The van der Waals surface area contributed by atoms with E-state index in [0.717, 1.165) is 12.7 Å². The van der Waals surface area contributed by atoms with E-state index in [2.05, 4.69) is 0 Å². The normalized spacial score (nSPS) is 27.7. The monoisotopic (exact) mass is 426 g/mol. The fourth-order valence-corrected chi connectivity index (χ4v) is 4.38. The summed E-state index contributed by atoms with van der Waals surface area (Å²) in [6.45, 7) is 3.89. The molecule has 8 heteroatoms. The van der Waals surface area contributed by atoms with Crippen LogP contribution in [0.3, 0.4) is 0 Å². The number of cyclic esters (lactones) is 1. The number of rotatable bonds is 6. The van der Waals surface area contributed by atoms with Crippen LogP contribution in [0.25, 0.3) is 0 Å². The third kappa shape index (κ3) is 3.62. The van der Waals surface area contributed by atoms with Crippen molar-refractivity contribution in [2.75, 3.05) is 13.7 Å². The van der Waals surface area contributed by atoms with Gasteiger partial charge in [0.15, 0.2) is 0 Å². The van der Waals surface area contributed by atoms with Crippen LogP contribution >= 0.6 is 0 Å². The molecule has 164 valence electrons. The molecular weight excluding hydrogens is 401 g/mol. The van der Waals surface area contributed by atoms with Crippen molar-refractivity contribution in [3.05, 3.63) is 47.5 Å². The molecule has 0 spiro atoms. The lowest BCUT2D eigenvalue weighted by Crippen LogP contribution is -2.54. The predicted octanol–water partition coefficient (Wildman–Crippen LogP) is 4.31. The highest BCUT2D eigenvalue weighted by molar-refractivity contribution is 5.84. The number of fused-ring (bicyclic) bond motifs is 2. The highest BCUT2D eigenvalue weighted by Crippen LogP contribution is 2.52. The largest absolute Gasteiger partial charge is 0.465 e. The molecule has 1 aromatic rings. The molecule has 0 radical (unpaired) electrons. The molecule has 2 bridgehead atoms. The topological polar surface area (TPSA) is 61.8 Å². The van der Waals surface area contributed by atoms with Crippen molar-refractivity contribution in [2.24, 2.45) is 11.3 Å². The van der Waals surface area contributed by atoms with Crippen molar-refractivity contribution in [1.82, 2.24) is 0 Å². The van der Waals surface area contributed by atoms with Gasteiger partial charge in [0.05, 0.1) is 6.61 Å². The first-order valence-corrected chi connectivity index (χ1v) is 9.76. The number of allylic oxidation sites excluding steroid dienone is 2. The second-order valence-corrected chi connectivity index (χ2v) is 8.19. The summed E-state index contributed by atoms with van der Waals surface area (Å²) in [6.07, 6.45) is -3.37. The second kappa shape index (κ2) is 8.06. The minimum Gasteiger partial charge on any atom is -0.465 e. The zero-order valence-electron chi connectivity index (χ0n) is 17.1. The van der Waals surface area contributed by atoms with Gasteiger partial charge in [0.2, 0.25) is 0 Å². The van der Waals surface area contributed by atoms with Gasteiger partial charge in [-0.3, -0.25) is 4.79 Å². The van der Waals surface area contributed by atoms with E-state index in [-0.39, 0.29) is 30.9 Å². The molecule has 4 atom stereocenters.